The summed E-state index contributed by atoms with van der Waals surface area (Å²) >= 11 is 0. The standard InChI is InChI=1S/C34H53NO6/c1-11-16-35-17-12-13-24-18-25-23(19-26(24)35)15-14-20(2)27(25)39-30-29(41-32(37)34(8,9)10)28(21(3)22(4)38-30)40-31(36)33(5,6)7/h14-15,21-22,24,26,28-30H,11-13,16-19H2,1-10H3/t21-,22-,24-,26-,28+,29-,30+/m1/s1. The van der Waals surface area contributed by atoms with Gasteiger partial charge in [-0.25, -0.2) is 0 Å². The molecule has 2 saturated heterocycles. The minimum Gasteiger partial charge on any atom is -0.460 e. The van der Waals surface area contributed by atoms with Crippen molar-refractivity contribution < 1.29 is 28.5 Å². The van der Waals surface area contributed by atoms with Crippen LogP contribution in [0.4, 0.5) is 0 Å². The van der Waals surface area contributed by atoms with Gasteiger partial charge in [-0.3, -0.25) is 14.5 Å². The van der Waals surface area contributed by atoms with Crippen LogP contribution in [0.15, 0.2) is 12.1 Å². The van der Waals surface area contributed by atoms with Gasteiger partial charge in [0, 0.05) is 12.0 Å². The van der Waals surface area contributed by atoms with E-state index in [1.54, 1.807) is 0 Å². The summed E-state index contributed by atoms with van der Waals surface area (Å²) in [6.45, 7) is 21.5. The highest BCUT2D eigenvalue weighted by molar-refractivity contribution is 5.76. The van der Waals surface area contributed by atoms with Gasteiger partial charge >= 0.3 is 11.9 Å². The molecule has 3 aliphatic rings. The number of nitrogens with zero attached hydrogens (tertiary/aromatic N) is 1. The van der Waals surface area contributed by atoms with Crippen molar-refractivity contribution in [2.45, 2.75) is 132 Å². The maximum absolute atomic E-state index is 13.2. The van der Waals surface area contributed by atoms with Crippen LogP contribution in [0.2, 0.25) is 0 Å². The van der Waals surface area contributed by atoms with E-state index in [9.17, 15) is 9.59 Å². The third-order valence-corrected chi connectivity index (χ3v) is 9.14. The molecule has 0 aromatic heterocycles. The van der Waals surface area contributed by atoms with Crippen LogP contribution in [0.3, 0.4) is 0 Å². The highest BCUT2D eigenvalue weighted by Crippen LogP contribution is 2.42. The van der Waals surface area contributed by atoms with Crippen molar-refractivity contribution >= 4 is 11.9 Å². The first-order valence-electron chi connectivity index (χ1n) is 15.7. The van der Waals surface area contributed by atoms with Gasteiger partial charge in [-0.1, -0.05) is 26.0 Å². The molecule has 41 heavy (non-hydrogen) atoms. The predicted octanol–water partition coefficient (Wildman–Crippen LogP) is 6.26. The van der Waals surface area contributed by atoms with Crippen LogP contribution in [-0.2, 0) is 36.6 Å². The lowest BCUT2D eigenvalue weighted by molar-refractivity contribution is -0.268. The summed E-state index contributed by atoms with van der Waals surface area (Å²) in [4.78, 5) is 29.0. The second-order valence-corrected chi connectivity index (χ2v) is 14.7. The van der Waals surface area contributed by atoms with Crippen molar-refractivity contribution in [3.05, 3.63) is 28.8 Å². The van der Waals surface area contributed by atoms with Crippen LogP contribution in [0.5, 0.6) is 5.75 Å². The first-order valence-corrected chi connectivity index (χ1v) is 15.7. The molecule has 2 aliphatic heterocycles. The van der Waals surface area contributed by atoms with E-state index >= 15 is 0 Å². The molecule has 0 saturated carbocycles. The summed E-state index contributed by atoms with van der Waals surface area (Å²) in [5, 5.41) is 0. The van der Waals surface area contributed by atoms with Gasteiger partial charge in [0.25, 0.3) is 0 Å². The average molecular weight is 572 g/mol. The molecule has 1 aromatic carbocycles. The number of hydrogen-bond donors (Lipinski definition) is 0. The van der Waals surface area contributed by atoms with E-state index in [0.29, 0.717) is 12.0 Å². The first-order chi connectivity index (χ1) is 19.1. The molecule has 2 heterocycles. The lowest BCUT2D eigenvalue weighted by atomic mass is 9.74. The van der Waals surface area contributed by atoms with E-state index in [0.717, 1.165) is 30.7 Å². The molecule has 7 nitrogen and oxygen atoms in total. The molecule has 4 rings (SSSR count). The number of esters is 2. The van der Waals surface area contributed by atoms with E-state index in [-0.39, 0.29) is 24.0 Å². The minimum absolute atomic E-state index is 0.197. The molecule has 7 heteroatoms. The highest BCUT2D eigenvalue weighted by Gasteiger charge is 2.50. The van der Waals surface area contributed by atoms with E-state index in [1.807, 2.05) is 55.4 Å². The molecular weight excluding hydrogens is 518 g/mol. The molecule has 2 fully saturated rings. The zero-order valence-corrected chi connectivity index (χ0v) is 27.0. The van der Waals surface area contributed by atoms with Gasteiger partial charge in [-0.2, -0.15) is 0 Å². The molecule has 7 atom stereocenters. The number of ether oxygens (including phenoxy) is 4. The zero-order valence-electron chi connectivity index (χ0n) is 27.0. The Balaban J connectivity index is 1.69. The number of carbonyl (C=O) groups is 2. The number of fused-ring (bicyclic) bond motifs is 2. The fourth-order valence-corrected chi connectivity index (χ4v) is 6.41. The number of aryl methyl sites for hydroxylation is 1. The number of hydrogen-bond acceptors (Lipinski definition) is 7. The van der Waals surface area contributed by atoms with Gasteiger partial charge in [0.2, 0.25) is 12.4 Å². The van der Waals surface area contributed by atoms with E-state index in [2.05, 4.69) is 30.9 Å². The molecule has 0 N–H and O–H groups in total. The number of likely N-dealkylation sites (tertiary alicyclic amines) is 1. The Morgan fingerprint density at radius 2 is 1.61 bits per heavy atom. The third-order valence-electron chi connectivity index (χ3n) is 9.14. The van der Waals surface area contributed by atoms with Gasteiger partial charge in [-0.05, 0) is 123 Å². The normalized spacial score (nSPS) is 30.6. The van der Waals surface area contributed by atoms with Crippen LogP contribution in [0.25, 0.3) is 0 Å². The topological polar surface area (TPSA) is 74.3 Å². The maximum Gasteiger partial charge on any atom is 0.311 e. The second-order valence-electron chi connectivity index (χ2n) is 14.7. The quantitative estimate of drug-likeness (QED) is 0.373. The summed E-state index contributed by atoms with van der Waals surface area (Å²) in [6.07, 6.45) is 2.82. The lowest BCUT2D eigenvalue weighted by Gasteiger charge is -2.46. The fourth-order valence-electron chi connectivity index (χ4n) is 6.41. The van der Waals surface area contributed by atoms with Crippen LogP contribution in [0.1, 0.15) is 98.3 Å². The SMILES string of the molecule is CCCN1CCC[C@@H]2Cc3c(ccc(C)c3O[C@@H]3O[C@H](C)[C@@H](C)[C@H](OC(=O)C(C)(C)C)[C@H]3OC(=O)C(C)(C)C)C[C@H]21. The highest BCUT2D eigenvalue weighted by atomic mass is 16.7. The third kappa shape index (κ3) is 6.93. The van der Waals surface area contributed by atoms with Gasteiger partial charge in [0.05, 0.1) is 16.9 Å². The van der Waals surface area contributed by atoms with Crippen molar-refractivity contribution in [1.82, 2.24) is 4.90 Å². The van der Waals surface area contributed by atoms with Gasteiger partial charge in [0.15, 0.2) is 0 Å². The van der Waals surface area contributed by atoms with Crippen LogP contribution >= 0.6 is 0 Å². The van der Waals surface area contributed by atoms with Crippen LogP contribution in [0, 0.1) is 29.6 Å². The van der Waals surface area contributed by atoms with E-state index in [1.165, 1.54) is 36.9 Å². The monoisotopic (exact) mass is 571 g/mol. The average Bonchev–Trinajstić information content (AvgIpc) is 2.88. The smallest absolute Gasteiger partial charge is 0.311 e. The fraction of sp³-hybridized carbons (Fsp3) is 0.765. The number of piperidine rings is 1. The van der Waals surface area contributed by atoms with Gasteiger partial charge in [0.1, 0.15) is 11.9 Å². The Kier molecular flexibility index (Phi) is 9.50. The molecule has 0 radical (unpaired) electrons. The van der Waals surface area contributed by atoms with Gasteiger partial charge in [-0.15, -0.1) is 0 Å². The molecule has 0 unspecified atom stereocenters. The Hall–Kier alpha value is -2.12. The van der Waals surface area contributed by atoms with Crippen molar-refractivity contribution in [1.29, 1.82) is 0 Å². The summed E-state index contributed by atoms with van der Waals surface area (Å²) in [5.41, 5.74) is 2.16. The first kappa shape index (κ1) is 31.8. The van der Waals surface area contributed by atoms with Crippen molar-refractivity contribution in [2.75, 3.05) is 13.1 Å². The minimum atomic E-state index is -0.906. The van der Waals surface area contributed by atoms with Gasteiger partial charge < -0.3 is 18.9 Å². The Bertz CT molecular complexity index is 1100. The molecule has 230 valence electrons. The largest absolute Gasteiger partial charge is 0.460 e. The molecule has 1 aromatic rings. The molecular formula is C34H53NO6. The lowest BCUT2D eigenvalue weighted by Crippen LogP contribution is -2.59. The van der Waals surface area contributed by atoms with E-state index in [4.69, 9.17) is 18.9 Å². The van der Waals surface area contributed by atoms with Crippen LogP contribution < -0.4 is 4.74 Å². The Morgan fingerprint density at radius 3 is 2.22 bits per heavy atom. The van der Waals surface area contributed by atoms with Crippen molar-refractivity contribution in [3.63, 3.8) is 0 Å². The predicted molar refractivity (Wildman–Crippen MR) is 160 cm³/mol. The number of carbonyl (C=O) groups excluding carboxylic acids is 2. The van der Waals surface area contributed by atoms with Crippen molar-refractivity contribution in [2.24, 2.45) is 22.7 Å². The molecule has 0 spiro atoms. The number of rotatable bonds is 6. The summed E-state index contributed by atoms with van der Waals surface area (Å²) in [5.74, 6) is 0.488. The Labute approximate surface area is 247 Å². The Morgan fingerprint density at radius 1 is 0.976 bits per heavy atom. The molecule has 1 aliphatic carbocycles. The van der Waals surface area contributed by atoms with E-state index < -0.39 is 29.3 Å². The summed E-state index contributed by atoms with van der Waals surface area (Å²) in [6, 6.07) is 4.95. The summed E-state index contributed by atoms with van der Waals surface area (Å²) < 4.78 is 25.4. The van der Waals surface area contributed by atoms with Crippen molar-refractivity contribution in [3.8, 4) is 5.75 Å². The molecule has 0 bridgehead atoms. The number of benzene rings is 1. The summed E-state index contributed by atoms with van der Waals surface area (Å²) in [7, 11) is 0. The second kappa shape index (κ2) is 12.2. The molecule has 0 amide bonds. The maximum atomic E-state index is 13.2. The van der Waals surface area contributed by atoms with Crippen LogP contribution in [-0.4, -0.2) is 60.6 Å². The zero-order chi connectivity index (χ0) is 30.3.